The zero-order valence-electron chi connectivity index (χ0n) is 15.0. The van der Waals surface area contributed by atoms with Crippen LogP contribution in [0.1, 0.15) is 24.5 Å². The maximum atomic E-state index is 12.2. The maximum Gasteiger partial charge on any atom is 0.244 e. The van der Waals surface area contributed by atoms with Gasteiger partial charge in [-0.3, -0.25) is 9.59 Å². The number of carbonyl (C=O) groups excluding carboxylic acids is 2. The molecule has 26 heavy (non-hydrogen) atoms. The highest BCUT2D eigenvalue weighted by Crippen LogP contribution is 2.22. The largest absolute Gasteiger partial charge is 0.352 e. The van der Waals surface area contributed by atoms with Gasteiger partial charge < -0.3 is 10.2 Å². The molecule has 0 fully saturated rings. The number of hydrogen-bond donors (Lipinski definition) is 1. The number of rotatable bonds is 7. The predicted molar refractivity (Wildman–Crippen MR) is 106 cm³/mol. The number of nitrogens with zero attached hydrogens (tertiary/aromatic N) is 1. The van der Waals surface area contributed by atoms with Gasteiger partial charge in [0.1, 0.15) is 0 Å². The van der Waals surface area contributed by atoms with Gasteiger partial charge in [0.05, 0.1) is 0 Å². The molecule has 136 valence electrons. The molecule has 0 aliphatic heterocycles. The van der Waals surface area contributed by atoms with E-state index >= 15 is 0 Å². The molecule has 0 radical (unpaired) electrons. The Bertz CT molecular complexity index is 788. The summed E-state index contributed by atoms with van der Waals surface area (Å²) in [6, 6.07) is 17.2. The first-order valence-electron chi connectivity index (χ1n) is 8.46. The van der Waals surface area contributed by atoms with Crippen LogP contribution in [-0.4, -0.2) is 30.3 Å². The van der Waals surface area contributed by atoms with Crippen molar-refractivity contribution in [2.24, 2.45) is 0 Å². The lowest BCUT2D eigenvalue weighted by Crippen LogP contribution is -2.31. The fraction of sp³-hybridized carbons (Fsp3) is 0.238. The SMILES string of the molecule is C/C(=C/C(=O)NCCC(=O)N(C)Cc1ccccc1)c1ccccc1Cl. The van der Waals surface area contributed by atoms with E-state index in [9.17, 15) is 9.59 Å². The third-order valence-electron chi connectivity index (χ3n) is 3.97. The van der Waals surface area contributed by atoms with E-state index < -0.39 is 0 Å². The minimum absolute atomic E-state index is 0.0130. The summed E-state index contributed by atoms with van der Waals surface area (Å²) >= 11 is 6.13. The van der Waals surface area contributed by atoms with Crippen molar-refractivity contribution in [1.29, 1.82) is 0 Å². The molecular weight excluding hydrogens is 348 g/mol. The summed E-state index contributed by atoms with van der Waals surface area (Å²) < 4.78 is 0. The van der Waals surface area contributed by atoms with Crippen LogP contribution in [0.5, 0.6) is 0 Å². The van der Waals surface area contributed by atoms with Crippen molar-refractivity contribution in [1.82, 2.24) is 10.2 Å². The number of hydrogen-bond acceptors (Lipinski definition) is 2. The van der Waals surface area contributed by atoms with Crippen LogP contribution in [0.25, 0.3) is 5.57 Å². The first-order valence-corrected chi connectivity index (χ1v) is 8.84. The lowest BCUT2D eigenvalue weighted by molar-refractivity contribution is -0.130. The summed E-state index contributed by atoms with van der Waals surface area (Å²) in [5, 5.41) is 3.35. The molecule has 0 saturated carbocycles. The van der Waals surface area contributed by atoms with Gasteiger partial charge in [-0.25, -0.2) is 0 Å². The molecule has 0 unspecified atom stereocenters. The van der Waals surface area contributed by atoms with E-state index in [4.69, 9.17) is 11.6 Å². The number of allylic oxidation sites excluding steroid dienone is 1. The van der Waals surface area contributed by atoms with Gasteiger partial charge in [0.25, 0.3) is 0 Å². The average Bonchev–Trinajstić information content (AvgIpc) is 2.62. The van der Waals surface area contributed by atoms with Crippen molar-refractivity contribution >= 4 is 29.0 Å². The molecule has 0 atom stereocenters. The van der Waals surface area contributed by atoms with Gasteiger partial charge in [-0.05, 0) is 29.7 Å². The van der Waals surface area contributed by atoms with Gasteiger partial charge in [0.15, 0.2) is 0 Å². The van der Waals surface area contributed by atoms with Crippen molar-refractivity contribution in [3.63, 3.8) is 0 Å². The Labute approximate surface area is 159 Å². The average molecular weight is 371 g/mol. The molecule has 2 aromatic carbocycles. The molecule has 0 saturated heterocycles. The zero-order chi connectivity index (χ0) is 18.9. The highest BCUT2D eigenvalue weighted by Gasteiger charge is 2.10. The molecule has 0 heterocycles. The Morgan fingerprint density at radius 1 is 1.08 bits per heavy atom. The fourth-order valence-corrected chi connectivity index (χ4v) is 2.82. The number of nitrogens with one attached hydrogen (secondary N) is 1. The molecule has 0 aromatic heterocycles. The van der Waals surface area contributed by atoms with E-state index in [1.165, 1.54) is 6.08 Å². The Hall–Kier alpha value is -2.59. The van der Waals surface area contributed by atoms with E-state index in [1.54, 1.807) is 18.0 Å². The van der Waals surface area contributed by atoms with Gasteiger partial charge >= 0.3 is 0 Å². The number of benzene rings is 2. The number of halogens is 1. The zero-order valence-corrected chi connectivity index (χ0v) is 15.8. The second kappa shape index (κ2) is 9.78. The van der Waals surface area contributed by atoms with E-state index in [2.05, 4.69) is 5.32 Å². The van der Waals surface area contributed by atoms with E-state index in [-0.39, 0.29) is 18.2 Å². The van der Waals surface area contributed by atoms with Crippen molar-refractivity contribution in [3.8, 4) is 0 Å². The number of carbonyl (C=O) groups is 2. The van der Waals surface area contributed by atoms with Crippen LogP contribution in [0.15, 0.2) is 60.7 Å². The third kappa shape index (κ3) is 6.05. The maximum absolute atomic E-state index is 12.2. The molecule has 0 aliphatic carbocycles. The topological polar surface area (TPSA) is 49.4 Å². The first-order chi connectivity index (χ1) is 12.5. The summed E-state index contributed by atoms with van der Waals surface area (Å²) in [5.74, 6) is -0.248. The predicted octanol–water partition coefficient (Wildman–Crippen LogP) is 3.91. The minimum atomic E-state index is -0.235. The molecule has 2 rings (SSSR count). The molecule has 0 spiro atoms. The van der Waals surface area contributed by atoms with Crippen LogP contribution in [0, 0.1) is 0 Å². The van der Waals surface area contributed by atoms with Gasteiger partial charge in [-0.2, -0.15) is 0 Å². The van der Waals surface area contributed by atoms with Crippen molar-refractivity contribution in [3.05, 3.63) is 76.8 Å². The standard InChI is InChI=1S/C21H23ClN2O2/c1-16(18-10-6-7-11-19(18)22)14-20(25)23-13-12-21(26)24(2)15-17-8-4-3-5-9-17/h3-11,14H,12-13,15H2,1-2H3,(H,23,25)/b16-14-. The molecule has 2 aromatic rings. The molecule has 2 amide bonds. The molecule has 1 N–H and O–H groups in total. The quantitative estimate of drug-likeness (QED) is 0.751. The van der Waals surface area contributed by atoms with Gasteiger partial charge in [0, 0.05) is 37.7 Å². The van der Waals surface area contributed by atoms with Crippen molar-refractivity contribution in [2.75, 3.05) is 13.6 Å². The summed E-state index contributed by atoms with van der Waals surface area (Å²) in [7, 11) is 1.76. The highest BCUT2D eigenvalue weighted by molar-refractivity contribution is 6.32. The smallest absolute Gasteiger partial charge is 0.244 e. The molecular formula is C21H23ClN2O2. The lowest BCUT2D eigenvalue weighted by Gasteiger charge is -2.17. The first kappa shape index (κ1) is 19.7. The van der Waals surface area contributed by atoms with Crippen LogP contribution in [0.4, 0.5) is 0 Å². The normalized spacial score (nSPS) is 11.1. The summed E-state index contributed by atoms with van der Waals surface area (Å²) in [4.78, 5) is 25.8. The van der Waals surface area contributed by atoms with Crippen molar-refractivity contribution < 1.29 is 9.59 Å². The highest BCUT2D eigenvalue weighted by atomic mass is 35.5. The van der Waals surface area contributed by atoms with E-state index in [0.717, 1.165) is 16.7 Å². The molecule has 0 bridgehead atoms. The second-order valence-corrected chi connectivity index (χ2v) is 6.49. The van der Waals surface area contributed by atoms with Crippen LogP contribution in [-0.2, 0) is 16.1 Å². The van der Waals surface area contributed by atoms with Crippen LogP contribution in [0.3, 0.4) is 0 Å². The summed E-state index contributed by atoms with van der Waals surface area (Å²) in [6.45, 7) is 2.68. The van der Waals surface area contributed by atoms with E-state index in [0.29, 0.717) is 18.1 Å². The third-order valence-corrected chi connectivity index (χ3v) is 4.30. The molecule has 4 nitrogen and oxygen atoms in total. The van der Waals surface area contributed by atoms with Gasteiger partial charge in [0.2, 0.25) is 11.8 Å². The van der Waals surface area contributed by atoms with E-state index in [1.807, 2.05) is 55.5 Å². The summed E-state index contributed by atoms with van der Waals surface area (Å²) in [5.41, 5.74) is 2.68. The number of amides is 2. The van der Waals surface area contributed by atoms with Crippen LogP contribution < -0.4 is 5.32 Å². The van der Waals surface area contributed by atoms with Gasteiger partial charge in [-0.1, -0.05) is 60.1 Å². The second-order valence-electron chi connectivity index (χ2n) is 6.08. The van der Waals surface area contributed by atoms with Gasteiger partial charge in [-0.15, -0.1) is 0 Å². The van der Waals surface area contributed by atoms with Crippen LogP contribution >= 0.6 is 11.6 Å². The Balaban J connectivity index is 1.79. The molecule has 0 aliphatic rings. The lowest BCUT2D eigenvalue weighted by atomic mass is 10.1. The monoisotopic (exact) mass is 370 g/mol. The Morgan fingerprint density at radius 2 is 1.73 bits per heavy atom. The minimum Gasteiger partial charge on any atom is -0.352 e. The summed E-state index contributed by atoms with van der Waals surface area (Å²) in [6.07, 6.45) is 1.76. The Kier molecular flexibility index (Phi) is 7.42. The van der Waals surface area contributed by atoms with Crippen LogP contribution in [0.2, 0.25) is 5.02 Å². The molecule has 5 heteroatoms. The fourth-order valence-electron chi connectivity index (χ4n) is 2.54. The Morgan fingerprint density at radius 3 is 2.42 bits per heavy atom. The van der Waals surface area contributed by atoms with Crippen molar-refractivity contribution in [2.45, 2.75) is 19.9 Å².